The Morgan fingerprint density at radius 1 is 1.67 bits per heavy atom. The van der Waals surface area contributed by atoms with Crippen LogP contribution in [-0.4, -0.2) is 24.4 Å². The second-order valence-electron chi connectivity index (χ2n) is 3.09. The van der Waals surface area contributed by atoms with Gasteiger partial charge in [0.1, 0.15) is 0 Å². The van der Waals surface area contributed by atoms with Crippen LogP contribution < -0.4 is 10.6 Å². The van der Waals surface area contributed by atoms with Crippen molar-refractivity contribution in [2.24, 2.45) is 0 Å². The molecule has 1 aliphatic rings. The molecule has 0 radical (unpaired) electrons. The summed E-state index contributed by atoms with van der Waals surface area (Å²) < 4.78 is 0. The van der Waals surface area contributed by atoms with Crippen molar-refractivity contribution in [3.05, 3.63) is 0 Å². The molecule has 1 rings (SSSR count). The van der Waals surface area contributed by atoms with E-state index >= 15 is 0 Å². The minimum atomic E-state index is -0.0605. The van der Waals surface area contributed by atoms with Crippen LogP contribution in [0.1, 0.15) is 26.2 Å². The van der Waals surface area contributed by atoms with Gasteiger partial charge in [0.05, 0.1) is 0 Å². The van der Waals surface area contributed by atoms with E-state index < -0.39 is 0 Å². The third-order valence-electron chi connectivity index (χ3n) is 1.89. The molecule has 4 heteroatoms. The van der Waals surface area contributed by atoms with E-state index in [0.717, 1.165) is 19.4 Å². The molecule has 2 N–H and O–H groups in total. The Labute approximate surface area is 71.7 Å². The minimum Gasteiger partial charge on any atom is -0.356 e. The van der Waals surface area contributed by atoms with Gasteiger partial charge in [0.15, 0.2) is 0 Å². The minimum absolute atomic E-state index is 0.0324. The first-order valence-corrected chi connectivity index (χ1v) is 4.22. The second-order valence-corrected chi connectivity index (χ2v) is 3.09. The van der Waals surface area contributed by atoms with E-state index in [2.05, 4.69) is 10.6 Å². The lowest BCUT2D eigenvalue weighted by atomic mass is 10.1. The summed E-state index contributed by atoms with van der Waals surface area (Å²) in [5, 5.41) is 5.51. The van der Waals surface area contributed by atoms with Crippen molar-refractivity contribution >= 4 is 11.8 Å². The lowest BCUT2D eigenvalue weighted by molar-refractivity contribution is -0.122. The van der Waals surface area contributed by atoms with Gasteiger partial charge in [-0.3, -0.25) is 9.59 Å². The number of carbonyl (C=O) groups is 2. The van der Waals surface area contributed by atoms with Crippen LogP contribution in [0, 0.1) is 0 Å². The van der Waals surface area contributed by atoms with Crippen LogP contribution >= 0.6 is 0 Å². The van der Waals surface area contributed by atoms with Crippen LogP contribution in [0.4, 0.5) is 0 Å². The molecule has 0 aromatic carbocycles. The normalized spacial score (nSPS) is 24.1. The predicted octanol–water partition coefficient (Wildman–Crippen LogP) is -0.209. The zero-order chi connectivity index (χ0) is 8.97. The molecule has 1 fully saturated rings. The smallest absolute Gasteiger partial charge is 0.222 e. The van der Waals surface area contributed by atoms with Crippen molar-refractivity contribution in [2.75, 3.05) is 6.54 Å². The SMILES string of the molecule is CC(=O)NC1CCCNC(=O)C1. The quantitative estimate of drug-likeness (QED) is 0.572. The molecule has 0 aromatic heterocycles. The van der Waals surface area contributed by atoms with E-state index in [1.165, 1.54) is 6.92 Å². The highest BCUT2D eigenvalue weighted by atomic mass is 16.2. The van der Waals surface area contributed by atoms with Crippen LogP contribution in [0.15, 0.2) is 0 Å². The molecule has 1 heterocycles. The molecule has 0 bridgehead atoms. The molecule has 12 heavy (non-hydrogen) atoms. The lowest BCUT2D eigenvalue weighted by Gasteiger charge is -2.12. The van der Waals surface area contributed by atoms with Crippen LogP contribution in [-0.2, 0) is 9.59 Å². The number of hydrogen-bond donors (Lipinski definition) is 2. The van der Waals surface area contributed by atoms with Crippen molar-refractivity contribution < 1.29 is 9.59 Å². The van der Waals surface area contributed by atoms with Crippen molar-refractivity contribution in [3.8, 4) is 0 Å². The van der Waals surface area contributed by atoms with Crippen LogP contribution in [0.5, 0.6) is 0 Å². The molecule has 1 saturated heterocycles. The topological polar surface area (TPSA) is 58.2 Å². The van der Waals surface area contributed by atoms with Gasteiger partial charge in [-0.2, -0.15) is 0 Å². The third-order valence-corrected chi connectivity index (χ3v) is 1.89. The number of nitrogens with one attached hydrogen (secondary N) is 2. The van der Waals surface area contributed by atoms with Crippen LogP contribution in [0.25, 0.3) is 0 Å². The maximum absolute atomic E-state index is 11.0. The highest BCUT2D eigenvalue weighted by Crippen LogP contribution is 2.05. The highest BCUT2D eigenvalue weighted by Gasteiger charge is 2.17. The summed E-state index contributed by atoms with van der Waals surface area (Å²) in [4.78, 5) is 21.7. The van der Waals surface area contributed by atoms with Crippen LogP contribution in [0.3, 0.4) is 0 Å². The molecule has 68 valence electrons. The lowest BCUT2D eigenvalue weighted by Crippen LogP contribution is -2.35. The van der Waals surface area contributed by atoms with Gasteiger partial charge >= 0.3 is 0 Å². The molecule has 0 spiro atoms. The van der Waals surface area contributed by atoms with Gasteiger partial charge in [0.25, 0.3) is 0 Å². The van der Waals surface area contributed by atoms with Crippen molar-refractivity contribution in [3.63, 3.8) is 0 Å². The number of carbonyl (C=O) groups excluding carboxylic acids is 2. The van der Waals surface area contributed by atoms with E-state index in [0.29, 0.717) is 6.42 Å². The average Bonchev–Trinajstić information content (AvgIpc) is 2.12. The summed E-state index contributed by atoms with van der Waals surface area (Å²) in [5.41, 5.74) is 0. The Morgan fingerprint density at radius 2 is 2.42 bits per heavy atom. The zero-order valence-electron chi connectivity index (χ0n) is 7.22. The molecule has 1 aliphatic heterocycles. The van der Waals surface area contributed by atoms with E-state index in [9.17, 15) is 9.59 Å². The average molecular weight is 170 g/mol. The molecule has 2 amide bonds. The first kappa shape index (κ1) is 9.03. The number of amides is 2. The van der Waals surface area contributed by atoms with Gasteiger partial charge in [-0.25, -0.2) is 0 Å². The van der Waals surface area contributed by atoms with Crippen LogP contribution in [0.2, 0.25) is 0 Å². The zero-order valence-corrected chi connectivity index (χ0v) is 7.22. The van der Waals surface area contributed by atoms with Gasteiger partial charge in [-0.1, -0.05) is 0 Å². The first-order valence-electron chi connectivity index (χ1n) is 4.22. The fraction of sp³-hybridized carbons (Fsp3) is 0.750. The fourth-order valence-corrected chi connectivity index (χ4v) is 1.38. The van der Waals surface area contributed by atoms with Gasteiger partial charge in [0, 0.05) is 25.9 Å². The summed E-state index contributed by atoms with van der Waals surface area (Å²) in [5.74, 6) is -0.0269. The molecule has 0 saturated carbocycles. The van der Waals surface area contributed by atoms with Gasteiger partial charge in [-0.15, -0.1) is 0 Å². The molecular formula is C8H14N2O2. The Bertz CT molecular complexity index is 191. The number of hydrogen-bond acceptors (Lipinski definition) is 2. The fourth-order valence-electron chi connectivity index (χ4n) is 1.38. The Balaban J connectivity index is 2.41. The summed E-state index contributed by atoms with van der Waals surface area (Å²) in [6.07, 6.45) is 2.24. The monoisotopic (exact) mass is 170 g/mol. The van der Waals surface area contributed by atoms with Crippen molar-refractivity contribution in [1.82, 2.24) is 10.6 Å². The standard InChI is InChI=1S/C8H14N2O2/c1-6(11)10-7-3-2-4-9-8(12)5-7/h7H,2-5H2,1H3,(H,9,12)(H,10,11). The summed E-state index contributed by atoms with van der Waals surface area (Å²) >= 11 is 0. The van der Waals surface area contributed by atoms with Crippen molar-refractivity contribution in [1.29, 1.82) is 0 Å². The van der Waals surface area contributed by atoms with E-state index in [4.69, 9.17) is 0 Å². The third kappa shape index (κ3) is 2.90. The Kier molecular flexibility index (Phi) is 3.08. The van der Waals surface area contributed by atoms with Crippen molar-refractivity contribution in [2.45, 2.75) is 32.2 Å². The summed E-state index contributed by atoms with van der Waals surface area (Å²) in [6.45, 7) is 2.21. The maximum atomic E-state index is 11.0. The Morgan fingerprint density at radius 3 is 3.08 bits per heavy atom. The molecular weight excluding hydrogens is 156 g/mol. The molecule has 4 nitrogen and oxygen atoms in total. The van der Waals surface area contributed by atoms with Gasteiger partial charge in [0.2, 0.25) is 11.8 Å². The summed E-state index contributed by atoms with van der Waals surface area (Å²) in [6, 6.07) is 0.0324. The first-order chi connectivity index (χ1) is 5.68. The van der Waals surface area contributed by atoms with E-state index in [1.807, 2.05) is 0 Å². The van der Waals surface area contributed by atoms with E-state index in [-0.39, 0.29) is 17.9 Å². The maximum Gasteiger partial charge on any atom is 0.222 e. The van der Waals surface area contributed by atoms with Gasteiger partial charge in [-0.05, 0) is 12.8 Å². The summed E-state index contributed by atoms with van der Waals surface area (Å²) in [7, 11) is 0. The largest absolute Gasteiger partial charge is 0.356 e. The predicted molar refractivity (Wildman–Crippen MR) is 44.5 cm³/mol. The molecule has 1 atom stereocenters. The molecule has 0 aliphatic carbocycles. The Hall–Kier alpha value is -1.06. The van der Waals surface area contributed by atoms with Gasteiger partial charge < -0.3 is 10.6 Å². The highest BCUT2D eigenvalue weighted by molar-refractivity contribution is 5.78. The molecule has 1 unspecified atom stereocenters. The molecule has 0 aromatic rings. The second kappa shape index (κ2) is 4.09. The number of rotatable bonds is 1. The van der Waals surface area contributed by atoms with E-state index in [1.54, 1.807) is 0 Å².